The zero-order valence-corrected chi connectivity index (χ0v) is 13.2. The van der Waals surface area contributed by atoms with E-state index in [1.807, 2.05) is 30.3 Å². The first-order valence-corrected chi connectivity index (χ1v) is 7.80. The third-order valence-electron chi connectivity index (χ3n) is 4.39. The van der Waals surface area contributed by atoms with Gasteiger partial charge >= 0.3 is 0 Å². The molecule has 0 aromatic heterocycles. The molecule has 0 bridgehead atoms. The summed E-state index contributed by atoms with van der Waals surface area (Å²) in [4.78, 5) is 2.25. The highest BCUT2D eigenvalue weighted by atomic mass is 16.5. The predicted octanol–water partition coefficient (Wildman–Crippen LogP) is 2.93. The van der Waals surface area contributed by atoms with Crippen LogP contribution < -0.4 is 4.74 Å². The molecule has 0 saturated carbocycles. The number of likely N-dealkylation sites (tertiary alicyclic amines) is 1. The maximum absolute atomic E-state index is 10.3. The van der Waals surface area contributed by atoms with Crippen molar-refractivity contribution in [3.8, 4) is 5.75 Å². The number of aryl methyl sites for hydroxylation is 1. The lowest BCUT2D eigenvalue weighted by Crippen LogP contribution is -2.30. The van der Waals surface area contributed by atoms with Gasteiger partial charge in [-0.1, -0.05) is 42.5 Å². The van der Waals surface area contributed by atoms with Gasteiger partial charge in [-0.05, 0) is 36.6 Å². The smallest absolute Gasteiger partial charge is 0.138 e. The molecule has 0 aliphatic carbocycles. The van der Waals surface area contributed by atoms with Gasteiger partial charge in [0.2, 0.25) is 0 Å². The maximum Gasteiger partial charge on any atom is 0.138 e. The molecule has 1 heterocycles. The maximum atomic E-state index is 10.3. The molecule has 1 fully saturated rings. The van der Waals surface area contributed by atoms with Gasteiger partial charge in [-0.25, -0.2) is 0 Å². The molecular formula is C19H23NO2. The Bertz CT molecular complexity index is 627. The molecule has 1 aliphatic heterocycles. The van der Waals surface area contributed by atoms with Crippen LogP contribution in [0.4, 0.5) is 0 Å². The van der Waals surface area contributed by atoms with E-state index in [4.69, 9.17) is 4.74 Å². The monoisotopic (exact) mass is 297 g/mol. The molecule has 1 saturated heterocycles. The summed E-state index contributed by atoms with van der Waals surface area (Å²) in [6, 6.07) is 16.4. The van der Waals surface area contributed by atoms with E-state index in [0.717, 1.165) is 24.4 Å². The van der Waals surface area contributed by atoms with Crippen molar-refractivity contribution in [3.05, 3.63) is 65.2 Å². The van der Waals surface area contributed by atoms with E-state index in [1.54, 1.807) is 0 Å². The minimum atomic E-state index is -0.441. The van der Waals surface area contributed by atoms with Crippen LogP contribution in [-0.4, -0.2) is 35.3 Å². The first kappa shape index (κ1) is 15.1. The Balaban J connectivity index is 1.65. The van der Waals surface area contributed by atoms with E-state index in [0.29, 0.717) is 6.54 Å². The predicted molar refractivity (Wildman–Crippen MR) is 88.1 cm³/mol. The molecule has 3 nitrogen and oxygen atoms in total. The number of β-amino-alcohol motifs (C(OH)–C–C–N with tert-alkyl or cyclic N) is 1. The van der Waals surface area contributed by atoms with Crippen LogP contribution >= 0.6 is 0 Å². The van der Waals surface area contributed by atoms with E-state index >= 15 is 0 Å². The van der Waals surface area contributed by atoms with Crippen molar-refractivity contribution in [2.45, 2.75) is 32.6 Å². The van der Waals surface area contributed by atoms with Gasteiger partial charge in [0.1, 0.15) is 18.0 Å². The van der Waals surface area contributed by atoms with E-state index in [2.05, 4.69) is 36.9 Å². The number of hydrogen-bond donors (Lipinski definition) is 1. The van der Waals surface area contributed by atoms with Crippen LogP contribution in [0.2, 0.25) is 0 Å². The molecule has 3 rings (SSSR count). The van der Waals surface area contributed by atoms with E-state index in [9.17, 15) is 5.11 Å². The van der Waals surface area contributed by atoms with Crippen LogP contribution in [0, 0.1) is 13.8 Å². The van der Waals surface area contributed by atoms with Crippen molar-refractivity contribution in [1.29, 1.82) is 0 Å². The highest BCUT2D eigenvalue weighted by molar-refractivity contribution is 5.38. The third kappa shape index (κ3) is 3.32. The van der Waals surface area contributed by atoms with E-state index in [-0.39, 0.29) is 6.10 Å². The van der Waals surface area contributed by atoms with Crippen molar-refractivity contribution in [1.82, 2.24) is 4.90 Å². The van der Waals surface area contributed by atoms with E-state index in [1.165, 1.54) is 11.1 Å². The fourth-order valence-electron chi connectivity index (χ4n) is 2.93. The Morgan fingerprint density at radius 3 is 2.59 bits per heavy atom. The molecular weight excluding hydrogens is 274 g/mol. The molecule has 2 aromatic carbocycles. The fraction of sp³-hybridized carbons (Fsp3) is 0.368. The van der Waals surface area contributed by atoms with Crippen molar-refractivity contribution in [3.63, 3.8) is 0 Å². The van der Waals surface area contributed by atoms with Crippen LogP contribution in [-0.2, 0) is 6.54 Å². The van der Waals surface area contributed by atoms with Gasteiger partial charge in [0.05, 0.1) is 0 Å². The first-order chi connectivity index (χ1) is 10.6. The Labute approximate surface area is 132 Å². The number of ether oxygens (including phenoxy) is 1. The summed E-state index contributed by atoms with van der Waals surface area (Å²) in [5, 5.41) is 10.3. The molecule has 22 heavy (non-hydrogen) atoms. The molecule has 1 N–H and O–H groups in total. The molecule has 3 heteroatoms. The quantitative estimate of drug-likeness (QED) is 0.942. The van der Waals surface area contributed by atoms with Crippen LogP contribution in [0.15, 0.2) is 48.5 Å². The largest absolute Gasteiger partial charge is 0.486 e. The molecule has 0 radical (unpaired) electrons. The fourth-order valence-corrected chi connectivity index (χ4v) is 2.93. The summed E-state index contributed by atoms with van der Waals surface area (Å²) in [5.41, 5.74) is 3.63. The summed E-state index contributed by atoms with van der Waals surface area (Å²) in [7, 11) is 0. The molecule has 116 valence electrons. The van der Waals surface area contributed by atoms with Crippen molar-refractivity contribution in [2.24, 2.45) is 0 Å². The second-order valence-electron chi connectivity index (χ2n) is 6.10. The lowest BCUT2D eigenvalue weighted by atomic mass is 10.1. The average Bonchev–Trinajstić information content (AvgIpc) is 2.85. The van der Waals surface area contributed by atoms with E-state index < -0.39 is 6.10 Å². The van der Waals surface area contributed by atoms with Gasteiger partial charge < -0.3 is 9.84 Å². The standard InChI is InChI=1S/C19H23NO2/c1-14-7-6-10-18(15(14)2)22-19-13-20(12-17(19)21)11-16-8-4-3-5-9-16/h3-10,17,19,21H,11-13H2,1-2H3/t17-,19-/m0/s1. The normalized spacial score (nSPS) is 22.0. The number of aliphatic hydroxyl groups excluding tert-OH is 1. The molecule has 0 amide bonds. The van der Waals surface area contributed by atoms with Crippen LogP contribution in [0.5, 0.6) is 5.75 Å². The second kappa shape index (κ2) is 6.51. The lowest BCUT2D eigenvalue weighted by Gasteiger charge is -2.19. The Morgan fingerprint density at radius 1 is 1.05 bits per heavy atom. The highest BCUT2D eigenvalue weighted by Gasteiger charge is 2.33. The number of hydrogen-bond acceptors (Lipinski definition) is 3. The number of benzene rings is 2. The Hall–Kier alpha value is -1.84. The molecule has 1 aliphatic rings. The van der Waals surface area contributed by atoms with Crippen LogP contribution in [0.3, 0.4) is 0 Å². The minimum Gasteiger partial charge on any atom is -0.486 e. The van der Waals surface area contributed by atoms with Crippen molar-refractivity contribution in [2.75, 3.05) is 13.1 Å². The van der Waals surface area contributed by atoms with Gasteiger partial charge in [0, 0.05) is 19.6 Å². The second-order valence-corrected chi connectivity index (χ2v) is 6.10. The topological polar surface area (TPSA) is 32.7 Å². The average molecular weight is 297 g/mol. The summed E-state index contributed by atoms with van der Waals surface area (Å²) < 4.78 is 6.08. The van der Waals surface area contributed by atoms with Crippen LogP contribution in [0.25, 0.3) is 0 Å². The van der Waals surface area contributed by atoms with Gasteiger partial charge in [0.25, 0.3) is 0 Å². The highest BCUT2D eigenvalue weighted by Crippen LogP contribution is 2.25. The molecule has 2 aromatic rings. The zero-order valence-electron chi connectivity index (χ0n) is 13.2. The third-order valence-corrected chi connectivity index (χ3v) is 4.39. The Morgan fingerprint density at radius 2 is 1.82 bits per heavy atom. The Kier molecular flexibility index (Phi) is 4.46. The number of aliphatic hydroxyl groups is 1. The van der Waals surface area contributed by atoms with Gasteiger partial charge in [-0.15, -0.1) is 0 Å². The number of rotatable bonds is 4. The summed E-state index contributed by atoms with van der Waals surface area (Å²) in [6.07, 6.45) is -0.604. The summed E-state index contributed by atoms with van der Waals surface area (Å²) in [5.74, 6) is 0.880. The van der Waals surface area contributed by atoms with Crippen molar-refractivity contribution < 1.29 is 9.84 Å². The van der Waals surface area contributed by atoms with Crippen LogP contribution in [0.1, 0.15) is 16.7 Å². The lowest BCUT2D eigenvalue weighted by molar-refractivity contribution is 0.0732. The minimum absolute atomic E-state index is 0.163. The van der Waals surface area contributed by atoms with Crippen molar-refractivity contribution >= 4 is 0 Å². The number of nitrogens with zero attached hydrogens (tertiary/aromatic N) is 1. The molecule has 2 atom stereocenters. The molecule has 0 unspecified atom stereocenters. The van der Waals surface area contributed by atoms with Gasteiger partial charge in [-0.3, -0.25) is 4.90 Å². The van der Waals surface area contributed by atoms with Gasteiger partial charge in [-0.2, -0.15) is 0 Å². The summed E-state index contributed by atoms with van der Waals surface area (Å²) in [6.45, 7) is 6.40. The summed E-state index contributed by atoms with van der Waals surface area (Å²) >= 11 is 0. The zero-order chi connectivity index (χ0) is 15.5. The SMILES string of the molecule is Cc1cccc(O[C@H]2CN(Cc3ccccc3)C[C@@H]2O)c1C. The molecule has 0 spiro atoms. The first-order valence-electron chi connectivity index (χ1n) is 7.80. The van der Waals surface area contributed by atoms with Gasteiger partial charge in [0.15, 0.2) is 0 Å².